The Hall–Kier alpha value is -3.22. The van der Waals surface area contributed by atoms with Gasteiger partial charge in [-0.2, -0.15) is 0 Å². The molecule has 0 aliphatic heterocycles. The Labute approximate surface area is 155 Å². The fourth-order valence-electron chi connectivity index (χ4n) is 3.83. The largest absolute Gasteiger partial charge is 0.376 e. The predicted octanol–water partition coefficient (Wildman–Crippen LogP) is 3.74. The first-order valence-corrected chi connectivity index (χ1v) is 9.11. The van der Waals surface area contributed by atoms with Gasteiger partial charge >= 0.3 is 11.2 Å². The third kappa shape index (κ3) is 3.40. The lowest BCUT2D eigenvalue weighted by molar-refractivity contribution is -0.385. The molecule has 0 amide bonds. The molecule has 2 aromatic heterocycles. The van der Waals surface area contributed by atoms with Crippen LogP contribution in [-0.2, 0) is 0 Å². The number of nitro groups is 1. The Morgan fingerprint density at radius 1 is 1.04 bits per heavy atom. The van der Waals surface area contributed by atoms with Crippen molar-refractivity contribution in [2.45, 2.75) is 37.6 Å². The van der Waals surface area contributed by atoms with Crippen LogP contribution >= 0.6 is 0 Å². The smallest absolute Gasteiger partial charge is 0.361 e. The molecule has 7 nitrogen and oxygen atoms in total. The van der Waals surface area contributed by atoms with E-state index in [2.05, 4.69) is 34.6 Å². The van der Waals surface area contributed by atoms with Crippen molar-refractivity contribution in [2.75, 3.05) is 5.32 Å². The van der Waals surface area contributed by atoms with Crippen LogP contribution in [0.15, 0.2) is 59.5 Å². The second-order valence-electron chi connectivity index (χ2n) is 6.90. The van der Waals surface area contributed by atoms with E-state index >= 15 is 0 Å². The number of benzene rings is 1. The number of anilines is 1. The minimum atomic E-state index is -0.661. The third-order valence-corrected chi connectivity index (χ3v) is 5.23. The van der Waals surface area contributed by atoms with Gasteiger partial charge in [-0.25, -0.2) is 4.98 Å². The van der Waals surface area contributed by atoms with Crippen molar-refractivity contribution in [3.05, 3.63) is 80.8 Å². The summed E-state index contributed by atoms with van der Waals surface area (Å²) in [5.41, 5.74) is 0.576. The molecule has 2 heterocycles. The summed E-state index contributed by atoms with van der Waals surface area (Å²) in [6.07, 6.45) is 5.26. The number of aromatic nitrogens is 2. The number of fused-ring (bicyclic) bond motifs is 1. The average Bonchev–Trinajstić information content (AvgIpc) is 2.69. The number of hydrogen-bond acceptors (Lipinski definition) is 5. The Balaban J connectivity index is 1.56. The zero-order valence-electron chi connectivity index (χ0n) is 14.7. The maximum atomic E-state index is 12.5. The highest BCUT2D eigenvalue weighted by Gasteiger charge is 2.28. The highest BCUT2D eigenvalue weighted by Crippen LogP contribution is 2.34. The summed E-state index contributed by atoms with van der Waals surface area (Å²) in [4.78, 5) is 27.7. The lowest BCUT2D eigenvalue weighted by atomic mass is 9.82. The summed E-state index contributed by atoms with van der Waals surface area (Å²) in [6.45, 7) is 0. The van der Waals surface area contributed by atoms with Crippen LogP contribution in [0.5, 0.6) is 0 Å². The van der Waals surface area contributed by atoms with Crippen molar-refractivity contribution in [2.24, 2.45) is 0 Å². The maximum absolute atomic E-state index is 12.5. The number of rotatable bonds is 4. The molecule has 0 spiro atoms. The molecule has 1 fully saturated rings. The average molecular weight is 364 g/mol. The molecule has 0 bridgehead atoms. The normalized spacial score (nSPS) is 19.7. The first-order valence-electron chi connectivity index (χ1n) is 9.11. The van der Waals surface area contributed by atoms with E-state index in [1.807, 2.05) is 6.07 Å². The molecule has 1 saturated carbocycles. The fourth-order valence-corrected chi connectivity index (χ4v) is 3.83. The zero-order chi connectivity index (χ0) is 18.8. The van der Waals surface area contributed by atoms with Crippen molar-refractivity contribution >= 4 is 17.2 Å². The molecule has 4 rings (SSSR count). The summed E-state index contributed by atoms with van der Waals surface area (Å²) in [6, 6.07) is 15.6. The first-order chi connectivity index (χ1) is 13.1. The monoisotopic (exact) mass is 364 g/mol. The minimum Gasteiger partial charge on any atom is -0.361 e. The van der Waals surface area contributed by atoms with Gasteiger partial charge in [-0.3, -0.25) is 19.3 Å². The molecule has 0 saturated heterocycles. The zero-order valence-corrected chi connectivity index (χ0v) is 14.7. The Kier molecular flexibility index (Phi) is 4.58. The van der Waals surface area contributed by atoms with Gasteiger partial charge in [-0.1, -0.05) is 36.4 Å². The van der Waals surface area contributed by atoms with Crippen molar-refractivity contribution in [3.8, 4) is 0 Å². The van der Waals surface area contributed by atoms with Gasteiger partial charge in [0, 0.05) is 12.2 Å². The van der Waals surface area contributed by atoms with E-state index in [1.165, 1.54) is 16.2 Å². The van der Waals surface area contributed by atoms with Gasteiger partial charge in [0.25, 0.3) is 0 Å². The van der Waals surface area contributed by atoms with Crippen LogP contribution in [0, 0.1) is 10.1 Å². The molecule has 0 radical (unpaired) electrons. The van der Waals surface area contributed by atoms with Crippen LogP contribution in [0.3, 0.4) is 0 Å². The van der Waals surface area contributed by atoms with Crippen LogP contribution in [0.2, 0.25) is 0 Å². The van der Waals surface area contributed by atoms with Crippen molar-refractivity contribution in [3.63, 3.8) is 0 Å². The van der Waals surface area contributed by atoms with Gasteiger partial charge in [0.1, 0.15) is 5.65 Å². The Bertz CT molecular complexity index is 1020. The van der Waals surface area contributed by atoms with E-state index in [0.717, 1.165) is 25.7 Å². The van der Waals surface area contributed by atoms with E-state index in [1.54, 1.807) is 18.2 Å². The molecule has 0 unspecified atom stereocenters. The highest BCUT2D eigenvalue weighted by molar-refractivity contribution is 5.60. The Morgan fingerprint density at radius 3 is 2.44 bits per heavy atom. The van der Waals surface area contributed by atoms with E-state index < -0.39 is 16.2 Å². The summed E-state index contributed by atoms with van der Waals surface area (Å²) in [5, 5.41) is 14.6. The SMILES string of the molecule is O=c1c([N+](=O)[O-])c(NC2CCC(c3ccccc3)CC2)nc2ccccn12. The van der Waals surface area contributed by atoms with Crippen LogP contribution in [-0.4, -0.2) is 20.3 Å². The fraction of sp³-hybridized carbons (Fsp3) is 0.300. The quantitative estimate of drug-likeness (QED) is 0.563. The number of nitrogens with zero attached hydrogens (tertiary/aromatic N) is 3. The second kappa shape index (κ2) is 7.19. The van der Waals surface area contributed by atoms with Gasteiger partial charge < -0.3 is 5.32 Å². The molecule has 1 aliphatic carbocycles. The predicted molar refractivity (Wildman–Crippen MR) is 103 cm³/mol. The number of pyridine rings is 1. The summed E-state index contributed by atoms with van der Waals surface area (Å²) in [5.74, 6) is 0.578. The topological polar surface area (TPSA) is 89.5 Å². The number of hydrogen-bond donors (Lipinski definition) is 1. The molecule has 1 aliphatic rings. The molecule has 1 aromatic carbocycles. The van der Waals surface area contributed by atoms with Crippen molar-refractivity contribution in [1.29, 1.82) is 0 Å². The van der Waals surface area contributed by atoms with E-state index in [0.29, 0.717) is 11.6 Å². The standard InChI is InChI=1S/C20H20N4O3/c25-20-18(24(26)27)19(22-17-8-4-5-13-23(17)20)21-16-11-9-15(10-12-16)14-6-2-1-3-7-14/h1-8,13,15-16,21H,9-12H2. The maximum Gasteiger partial charge on any atom is 0.376 e. The molecular formula is C20H20N4O3. The van der Waals surface area contributed by atoms with Gasteiger partial charge in [0.2, 0.25) is 5.82 Å². The first kappa shape index (κ1) is 17.2. The van der Waals surface area contributed by atoms with Gasteiger partial charge in [-0.05, 0) is 49.3 Å². The summed E-state index contributed by atoms with van der Waals surface area (Å²) in [7, 11) is 0. The molecule has 3 aromatic rings. The van der Waals surface area contributed by atoms with E-state index in [4.69, 9.17) is 0 Å². The second-order valence-corrected chi connectivity index (χ2v) is 6.90. The van der Waals surface area contributed by atoms with Crippen LogP contribution < -0.4 is 10.9 Å². The van der Waals surface area contributed by atoms with Crippen molar-refractivity contribution < 1.29 is 4.92 Å². The van der Waals surface area contributed by atoms with Crippen LogP contribution in [0.1, 0.15) is 37.2 Å². The molecule has 138 valence electrons. The van der Waals surface area contributed by atoms with Crippen LogP contribution in [0.4, 0.5) is 11.5 Å². The minimum absolute atomic E-state index is 0.0689. The molecular weight excluding hydrogens is 344 g/mol. The number of nitrogens with one attached hydrogen (secondary N) is 1. The molecule has 0 atom stereocenters. The van der Waals surface area contributed by atoms with Gasteiger partial charge in [0.05, 0.1) is 4.92 Å². The van der Waals surface area contributed by atoms with Gasteiger partial charge in [-0.15, -0.1) is 0 Å². The molecule has 27 heavy (non-hydrogen) atoms. The lowest BCUT2D eigenvalue weighted by Crippen LogP contribution is -2.28. The lowest BCUT2D eigenvalue weighted by Gasteiger charge is -2.29. The highest BCUT2D eigenvalue weighted by atomic mass is 16.6. The third-order valence-electron chi connectivity index (χ3n) is 5.23. The van der Waals surface area contributed by atoms with Crippen LogP contribution in [0.25, 0.3) is 5.65 Å². The van der Waals surface area contributed by atoms with E-state index in [-0.39, 0.29) is 11.9 Å². The molecule has 1 N–H and O–H groups in total. The van der Waals surface area contributed by atoms with Gasteiger partial charge in [0.15, 0.2) is 0 Å². The summed E-state index contributed by atoms with van der Waals surface area (Å²) < 4.78 is 1.20. The van der Waals surface area contributed by atoms with Crippen molar-refractivity contribution in [1.82, 2.24) is 9.38 Å². The summed E-state index contributed by atoms with van der Waals surface area (Å²) >= 11 is 0. The molecule has 7 heteroatoms. The van der Waals surface area contributed by atoms with E-state index in [9.17, 15) is 14.9 Å². The Morgan fingerprint density at radius 2 is 1.74 bits per heavy atom.